The van der Waals surface area contributed by atoms with Crippen LogP contribution in [0.3, 0.4) is 0 Å². The molecule has 0 N–H and O–H groups in total. The highest BCUT2D eigenvalue weighted by Gasteiger charge is 2.39. The van der Waals surface area contributed by atoms with Gasteiger partial charge in [-0.1, -0.05) is 5.06 Å². The summed E-state index contributed by atoms with van der Waals surface area (Å²) >= 11 is 0. The van der Waals surface area contributed by atoms with Gasteiger partial charge in [0.25, 0.3) is 11.8 Å². The molecule has 100 valence electrons. The third-order valence-electron chi connectivity index (χ3n) is 2.77. The Balaban J connectivity index is 2.04. The van der Waals surface area contributed by atoms with Gasteiger partial charge in [-0.25, -0.2) is 4.79 Å². The van der Waals surface area contributed by atoms with Crippen LogP contribution in [0.5, 0.6) is 0 Å². The monoisotopic (exact) mass is 266 g/mol. The predicted octanol–water partition coefficient (Wildman–Crippen LogP) is -1.09. The molecule has 1 atom stereocenters. The highest BCUT2D eigenvalue weighted by atomic mass is 16.7. The number of rotatable bonds is 3. The molecule has 1 saturated heterocycles. The standard InChI is InChI=1S/C11H10N2O6/c1-6(12-7(14)2-3-8(12)15)11(18)19-13-9(16)4-5-10(13)17/h4-6H,2-3H2,1H3. The fourth-order valence-corrected chi connectivity index (χ4v) is 1.77. The van der Waals surface area contributed by atoms with Crippen LogP contribution in [0.2, 0.25) is 0 Å². The first-order valence-electron chi connectivity index (χ1n) is 5.54. The third-order valence-corrected chi connectivity index (χ3v) is 2.77. The van der Waals surface area contributed by atoms with E-state index in [4.69, 9.17) is 0 Å². The van der Waals surface area contributed by atoms with E-state index in [2.05, 4.69) is 4.84 Å². The van der Waals surface area contributed by atoms with E-state index in [1.165, 1.54) is 6.92 Å². The highest BCUT2D eigenvalue weighted by molar-refractivity contribution is 6.12. The Bertz CT molecular complexity index is 489. The van der Waals surface area contributed by atoms with Gasteiger partial charge in [-0.15, -0.1) is 0 Å². The number of hydrogen-bond acceptors (Lipinski definition) is 6. The van der Waals surface area contributed by atoms with Gasteiger partial charge in [-0.05, 0) is 6.92 Å². The van der Waals surface area contributed by atoms with Crippen LogP contribution in [-0.2, 0) is 28.8 Å². The Hall–Kier alpha value is -2.51. The molecular weight excluding hydrogens is 256 g/mol. The molecule has 0 aromatic rings. The molecule has 0 saturated carbocycles. The van der Waals surface area contributed by atoms with Crippen molar-refractivity contribution in [3.8, 4) is 0 Å². The van der Waals surface area contributed by atoms with E-state index in [0.717, 1.165) is 17.1 Å². The number of likely N-dealkylation sites (tertiary alicyclic amines) is 1. The zero-order valence-corrected chi connectivity index (χ0v) is 9.99. The highest BCUT2D eigenvalue weighted by Crippen LogP contribution is 2.17. The van der Waals surface area contributed by atoms with Crippen molar-refractivity contribution >= 4 is 29.6 Å². The second-order valence-corrected chi connectivity index (χ2v) is 4.05. The maximum atomic E-state index is 11.7. The Kier molecular flexibility index (Phi) is 3.16. The summed E-state index contributed by atoms with van der Waals surface area (Å²) in [6, 6.07) is -1.18. The van der Waals surface area contributed by atoms with Gasteiger partial charge in [0.1, 0.15) is 6.04 Å². The molecule has 1 fully saturated rings. The second kappa shape index (κ2) is 4.63. The molecular formula is C11H10N2O6. The molecule has 2 aliphatic heterocycles. The van der Waals surface area contributed by atoms with Gasteiger partial charge in [0.15, 0.2) is 0 Å². The average Bonchev–Trinajstić information content (AvgIpc) is 2.85. The van der Waals surface area contributed by atoms with Crippen molar-refractivity contribution in [2.45, 2.75) is 25.8 Å². The Morgan fingerprint density at radius 1 is 1.11 bits per heavy atom. The normalized spacial score (nSPS) is 20.5. The summed E-state index contributed by atoms with van der Waals surface area (Å²) < 4.78 is 0. The van der Waals surface area contributed by atoms with Crippen molar-refractivity contribution in [3.05, 3.63) is 12.2 Å². The lowest BCUT2D eigenvalue weighted by molar-refractivity contribution is -0.199. The average molecular weight is 266 g/mol. The Morgan fingerprint density at radius 3 is 2.05 bits per heavy atom. The van der Waals surface area contributed by atoms with Crippen LogP contribution in [0.1, 0.15) is 19.8 Å². The molecule has 0 aromatic heterocycles. The lowest BCUT2D eigenvalue weighted by atomic mass is 10.3. The first-order chi connectivity index (χ1) is 8.91. The van der Waals surface area contributed by atoms with Gasteiger partial charge in [0.2, 0.25) is 11.8 Å². The minimum absolute atomic E-state index is 0.0413. The fraction of sp³-hybridized carbons (Fsp3) is 0.364. The molecule has 4 amide bonds. The first-order valence-corrected chi connectivity index (χ1v) is 5.54. The van der Waals surface area contributed by atoms with E-state index in [9.17, 15) is 24.0 Å². The maximum absolute atomic E-state index is 11.7. The number of hydrogen-bond donors (Lipinski definition) is 0. The van der Waals surface area contributed by atoms with Crippen LogP contribution in [0.15, 0.2) is 12.2 Å². The predicted molar refractivity (Wildman–Crippen MR) is 57.6 cm³/mol. The van der Waals surface area contributed by atoms with Gasteiger partial charge in [0.05, 0.1) is 0 Å². The van der Waals surface area contributed by atoms with Crippen LogP contribution in [-0.4, -0.2) is 45.6 Å². The van der Waals surface area contributed by atoms with Crippen molar-refractivity contribution in [2.75, 3.05) is 0 Å². The molecule has 2 aliphatic rings. The van der Waals surface area contributed by atoms with Crippen molar-refractivity contribution in [3.63, 3.8) is 0 Å². The molecule has 8 nitrogen and oxygen atoms in total. The summed E-state index contributed by atoms with van der Waals surface area (Å²) in [5.41, 5.74) is 0. The Labute approximate surface area is 107 Å². The van der Waals surface area contributed by atoms with Crippen molar-refractivity contribution < 1.29 is 28.8 Å². The van der Waals surface area contributed by atoms with E-state index in [1.54, 1.807) is 0 Å². The third kappa shape index (κ3) is 2.24. The van der Waals surface area contributed by atoms with Crippen LogP contribution >= 0.6 is 0 Å². The van der Waals surface area contributed by atoms with Crippen LogP contribution in [0.4, 0.5) is 0 Å². The minimum atomic E-state index is -1.18. The summed E-state index contributed by atoms with van der Waals surface area (Å²) in [7, 11) is 0. The molecule has 8 heteroatoms. The lowest BCUT2D eigenvalue weighted by Gasteiger charge is -2.22. The van der Waals surface area contributed by atoms with E-state index in [-0.39, 0.29) is 17.9 Å². The number of amides is 4. The molecule has 0 aliphatic carbocycles. The zero-order valence-electron chi connectivity index (χ0n) is 9.99. The molecule has 0 bridgehead atoms. The number of carbonyl (C=O) groups excluding carboxylic acids is 5. The van der Waals surface area contributed by atoms with E-state index in [0.29, 0.717) is 0 Å². The van der Waals surface area contributed by atoms with E-state index < -0.39 is 35.6 Å². The topological polar surface area (TPSA) is 101 Å². The zero-order chi connectivity index (χ0) is 14.2. The molecule has 0 aromatic carbocycles. The quantitative estimate of drug-likeness (QED) is 0.601. The maximum Gasteiger partial charge on any atom is 0.355 e. The van der Waals surface area contributed by atoms with Gasteiger partial charge >= 0.3 is 5.97 Å². The van der Waals surface area contributed by atoms with Gasteiger partial charge in [-0.2, -0.15) is 0 Å². The largest absolute Gasteiger partial charge is 0.355 e. The van der Waals surface area contributed by atoms with Crippen molar-refractivity contribution in [1.82, 2.24) is 9.96 Å². The van der Waals surface area contributed by atoms with Crippen LogP contribution in [0.25, 0.3) is 0 Å². The summed E-state index contributed by atoms with van der Waals surface area (Å²) in [5, 5.41) is 0.282. The number of carbonyl (C=O) groups is 5. The summed E-state index contributed by atoms with van der Waals surface area (Å²) in [4.78, 5) is 62.3. The summed E-state index contributed by atoms with van der Waals surface area (Å²) in [5.74, 6) is -3.55. The van der Waals surface area contributed by atoms with E-state index >= 15 is 0 Å². The fourth-order valence-electron chi connectivity index (χ4n) is 1.77. The van der Waals surface area contributed by atoms with Crippen molar-refractivity contribution in [2.24, 2.45) is 0 Å². The van der Waals surface area contributed by atoms with Gasteiger partial charge < -0.3 is 4.84 Å². The van der Waals surface area contributed by atoms with Gasteiger partial charge in [0, 0.05) is 25.0 Å². The first kappa shape index (κ1) is 12.9. The SMILES string of the molecule is CC(C(=O)ON1C(=O)C=CC1=O)N1C(=O)CCC1=O. The Morgan fingerprint density at radius 2 is 1.58 bits per heavy atom. The molecule has 2 heterocycles. The molecule has 19 heavy (non-hydrogen) atoms. The van der Waals surface area contributed by atoms with Crippen LogP contribution < -0.4 is 0 Å². The molecule has 0 radical (unpaired) electrons. The summed E-state index contributed by atoms with van der Waals surface area (Å²) in [6.07, 6.45) is 1.98. The number of nitrogens with zero attached hydrogens (tertiary/aromatic N) is 2. The van der Waals surface area contributed by atoms with Gasteiger partial charge in [-0.3, -0.25) is 24.1 Å². The number of hydroxylamine groups is 2. The molecule has 0 spiro atoms. The van der Waals surface area contributed by atoms with E-state index in [1.807, 2.05) is 0 Å². The smallest absolute Gasteiger partial charge is 0.327 e. The molecule has 1 unspecified atom stereocenters. The lowest BCUT2D eigenvalue weighted by Crippen LogP contribution is -2.46. The number of imide groups is 2. The van der Waals surface area contributed by atoms with Crippen molar-refractivity contribution in [1.29, 1.82) is 0 Å². The minimum Gasteiger partial charge on any atom is -0.327 e. The summed E-state index contributed by atoms with van der Waals surface area (Å²) in [6.45, 7) is 1.29. The second-order valence-electron chi connectivity index (χ2n) is 4.05. The molecule has 2 rings (SSSR count). The van der Waals surface area contributed by atoms with Crippen LogP contribution in [0, 0.1) is 0 Å².